The SMILES string of the molecule is [N-]=[N+]=NCCC#Cc1ccc(N=C=O)cc1. The van der Waals surface area contributed by atoms with Crippen LogP contribution in [0.3, 0.4) is 0 Å². The van der Waals surface area contributed by atoms with Gasteiger partial charge < -0.3 is 0 Å². The zero-order valence-electron chi connectivity index (χ0n) is 8.42. The van der Waals surface area contributed by atoms with Crippen LogP contribution < -0.4 is 0 Å². The van der Waals surface area contributed by atoms with Gasteiger partial charge in [-0.2, -0.15) is 4.99 Å². The van der Waals surface area contributed by atoms with Crippen LogP contribution in [-0.4, -0.2) is 12.6 Å². The van der Waals surface area contributed by atoms with Gasteiger partial charge in [-0.1, -0.05) is 17.0 Å². The third kappa shape index (κ3) is 4.12. The summed E-state index contributed by atoms with van der Waals surface area (Å²) in [6.45, 7) is 0.372. The molecule has 0 saturated carbocycles. The van der Waals surface area contributed by atoms with Gasteiger partial charge in [0.2, 0.25) is 6.08 Å². The van der Waals surface area contributed by atoms with Crippen LogP contribution in [0.15, 0.2) is 34.4 Å². The highest BCUT2D eigenvalue weighted by molar-refractivity contribution is 5.51. The maximum atomic E-state index is 9.97. The first kappa shape index (κ1) is 11.5. The van der Waals surface area contributed by atoms with Gasteiger partial charge in [-0.15, -0.1) is 0 Å². The van der Waals surface area contributed by atoms with E-state index in [1.165, 1.54) is 6.08 Å². The molecule has 5 nitrogen and oxygen atoms in total. The Morgan fingerprint density at radius 2 is 2.06 bits per heavy atom. The summed E-state index contributed by atoms with van der Waals surface area (Å²) in [5.41, 5.74) is 9.41. The average molecular weight is 212 g/mol. The summed E-state index contributed by atoms with van der Waals surface area (Å²) in [6.07, 6.45) is 1.99. The van der Waals surface area contributed by atoms with Crippen molar-refractivity contribution in [3.8, 4) is 11.8 Å². The zero-order chi connectivity index (χ0) is 11.6. The first-order valence-electron chi connectivity index (χ1n) is 4.54. The lowest BCUT2D eigenvalue weighted by Gasteiger charge is -1.90. The molecule has 0 unspecified atom stereocenters. The highest BCUT2D eigenvalue weighted by Crippen LogP contribution is 2.11. The van der Waals surface area contributed by atoms with Crippen molar-refractivity contribution in [2.75, 3.05) is 6.54 Å². The molecule has 0 fully saturated rings. The largest absolute Gasteiger partial charge is 0.240 e. The Morgan fingerprint density at radius 1 is 1.31 bits per heavy atom. The Kier molecular flexibility index (Phi) is 4.95. The fourth-order valence-corrected chi connectivity index (χ4v) is 0.987. The highest BCUT2D eigenvalue weighted by atomic mass is 16.1. The minimum absolute atomic E-state index is 0.372. The number of carbonyl (C=O) groups excluding carboxylic acids is 1. The van der Waals surface area contributed by atoms with Crippen LogP contribution >= 0.6 is 0 Å². The molecular formula is C11H8N4O. The van der Waals surface area contributed by atoms with Gasteiger partial charge in [-0.3, -0.25) is 0 Å². The molecule has 78 valence electrons. The van der Waals surface area contributed by atoms with E-state index in [1.807, 2.05) is 0 Å². The van der Waals surface area contributed by atoms with E-state index in [9.17, 15) is 4.79 Å². The second kappa shape index (κ2) is 6.86. The number of isocyanates is 1. The molecule has 0 aliphatic rings. The van der Waals surface area contributed by atoms with Gasteiger partial charge in [0.15, 0.2) is 0 Å². The molecule has 0 N–H and O–H groups in total. The van der Waals surface area contributed by atoms with E-state index in [0.717, 1.165) is 5.56 Å². The standard InChI is InChI=1S/C11H8N4O/c12-15-14-8-2-1-3-10-4-6-11(7-5-10)13-9-16/h4-7H,2,8H2. The molecule has 0 saturated heterocycles. The second-order valence-electron chi connectivity index (χ2n) is 2.76. The van der Waals surface area contributed by atoms with E-state index in [4.69, 9.17) is 5.53 Å². The molecule has 0 amide bonds. The Morgan fingerprint density at radius 3 is 2.69 bits per heavy atom. The smallest absolute Gasteiger partial charge is 0.211 e. The molecule has 16 heavy (non-hydrogen) atoms. The summed E-state index contributed by atoms with van der Waals surface area (Å²) in [7, 11) is 0. The van der Waals surface area contributed by atoms with E-state index < -0.39 is 0 Å². The van der Waals surface area contributed by atoms with Gasteiger partial charge in [0.1, 0.15) is 0 Å². The molecule has 1 rings (SSSR count). The van der Waals surface area contributed by atoms with Crippen molar-refractivity contribution < 1.29 is 4.79 Å². The predicted octanol–water partition coefficient (Wildman–Crippen LogP) is 2.71. The molecule has 0 atom stereocenters. The minimum Gasteiger partial charge on any atom is -0.211 e. The van der Waals surface area contributed by atoms with Gasteiger partial charge >= 0.3 is 0 Å². The second-order valence-corrected chi connectivity index (χ2v) is 2.76. The van der Waals surface area contributed by atoms with Crippen LogP contribution in [0.4, 0.5) is 5.69 Å². The number of hydrogen-bond acceptors (Lipinski definition) is 3. The molecular weight excluding hydrogens is 204 g/mol. The number of rotatable bonds is 3. The van der Waals surface area contributed by atoms with Crippen LogP contribution in [0.1, 0.15) is 12.0 Å². The van der Waals surface area contributed by atoms with Crippen molar-refractivity contribution in [1.82, 2.24) is 0 Å². The van der Waals surface area contributed by atoms with Crippen molar-refractivity contribution in [3.63, 3.8) is 0 Å². The monoisotopic (exact) mass is 212 g/mol. The highest BCUT2D eigenvalue weighted by Gasteiger charge is 1.88. The summed E-state index contributed by atoms with van der Waals surface area (Å²) < 4.78 is 0. The van der Waals surface area contributed by atoms with Crippen molar-refractivity contribution >= 4 is 11.8 Å². The lowest BCUT2D eigenvalue weighted by Crippen LogP contribution is -1.75. The van der Waals surface area contributed by atoms with Crippen LogP contribution in [0.25, 0.3) is 10.4 Å². The topological polar surface area (TPSA) is 78.2 Å². The first-order chi connectivity index (χ1) is 7.86. The Labute approximate surface area is 92.4 Å². The summed E-state index contributed by atoms with van der Waals surface area (Å²) in [5.74, 6) is 5.76. The normalized spacial score (nSPS) is 8.00. The minimum atomic E-state index is 0.372. The van der Waals surface area contributed by atoms with Crippen LogP contribution in [0, 0.1) is 11.8 Å². The Hall–Kier alpha value is -2.53. The molecule has 0 aliphatic heterocycles. The Balaban J connectivity index is 2.60. The average Bonchev–Trinajstić information content (AvgIpc) is 2.31. The molecule has 1 aromatic carbocycles. The molecule has 0 spiro atoms. The summed E-state index contributed by atoms with van der Waals surface area (Å²) in [4.78, 5) is 16.1. The Bertz CT molecular complexity index is 497. The number of azide groups is 1. The maximum Gasteiger partial charge on any atom is 0.240 e. The molecule has 0 aliphatic carbocycles. The quantitative estimate of drug-likeness (QED) is 0.144. The van der Waals surface area contributed by atoms with Crippen molar-refractivity contribution in [3.05, 3.63) is 40.3 Å². The van der Waals surface area contributed by atoms with Gasteiger partial charge in [0.05, 0.1) is 5.69 Å². The van der Waals surface area contributed by atoms with Gasteiger partial charge in [-0.25, -0.2) is 4.79 Å². The lowest BCUT2D eigenvalue weighted by atomic mass is 10.2. The predicted molar refractivity (Wildman–Crippen MR) is 59.7 cm³/mol. The zero-order valence-corrected chi connectivity index (χ0v) is 8.42. The molecule has 5 heteroatoms. The molecule has 0 radical (unpaired) electrons. The third-order valence-corrected chi connectivity index (χ3v) is 1.67. The van der Waals surface area contributed by atoms with Crippen molar-refractivity contribution in [2.45, 2.75) is 6.42 Å². The summed E-state index contributed by atoms with van der Waals surface area (Å²) >= 11 is 0. The van der Waals surface area contributed by atoms with E-state index >= 15 is 0 Å². The van der Waals surface area contributed by atoms with Crippen LogP contribution in [0.2, 0.25) is 0 Å². The van der Waals surface area contributed by atoms with Crippen LogP contribution in [-0.2, 0) is 4.79 Å². The maximum absolute atomic E-state index is 9.97. The van der Waals surface area contributed by atoms with Gasteiger partial charge in [-0.05, 0) is 29.8 Å². The number of aliphatic imine (C=N–C) groups is 1. The molecule has 1 aromatic rings. The van der Waals surface area contributed by atoms with Crippen LogP contribution in [0.5, 0.6) is 0 Å². The third-order valence-electron chi connectivity index (χ3n) is 1.67. The summed E-state index contributed by atoms with van der Waals surface area (Å²) in [6, 6.07) is 6.89. The molecule has 0 aromatic heterocycles. The van der Waals surface area contributed by atoms with E-state index in [0.29, 0.717) is 18.7 Å². The van der Waals surface area contributed by atoms with Crippen molar-refractivity contribution in [1.29, 1.82) is 0 Å². The van der Waals surface area contributed by atoms with E-state index in [-0.39, 0.29) is 0 Å². The number of hydrogen-bond donors (Lipinski definition) is 0. The van der Waals surface area contributed by atoms with E-state index in [1.54, 1.807) is 24.3 Å². The summed E-state index contributed by atoms with van der Waals surface area (Å²) in [5, 5.41) is 3.36. The van der Waals surface area contributed by atoms with Gasteiger partial charge in [0, 0.05) is 23.4 Å². The fraction of sp³-hybridized carbons (Fsp3) is 0.182. The van der Waals surface area contributed by atoms with Crippen molar-refractivity contribution in [2.24, 2.45) is 10.1 Å². The number of nitrogens with zero attached hydrogens (tertiary/aromatic N) is 4. The van der Waals surface area contributed by atoms with Gasteiger partial charge in [0.25, 0.3) is 0 Å². The lowest BCUT2D eigenvalue weighted by molar-refractivity contribution is 0.565. The number of benzene rings is 1. The molecule has 0 bridgehead atoms. The van der Waals surface area contributed by atoms with E-state index in [2.05, 4.69) is 26.9 Å². The first-order valence-corrected chi connectivity index (χ1v) is 4.54. The fourth-order valence-electron chi connectivity index (χ4n) is 0.987. The molecule has 0 heterocycles.